The topological polar surface area (TPSA) is 71.5 Å². The first-order valence-corrected chi connectivity index (χ1v) is 6.97. The summed E-state index contributed by atoms with van der Waals surface area (Å²) >= 11 is 0. The second-order valence-electron chi connectivity index (χ2n) is 5.60. The van der Waals surface area contributed by atoms with Crippen LogP contribution in [-0.2, 0) is 6.54 Å². The molecule has 21 heavy (non-hydrogen) atoms. The van der Waals surface area contributed by atoms with E-state index in [2.05, 4.69) is 5.10 Å². The zero-order valence-corrected chi connectivity index (χ0v) is 12.6. The van der Waals surface area contributed by atoms with Gasteiger partial charge in [-0.2, -0.15) is 5.10 Å². The predicted octanol–water partition coefficient (Wildman–Crippen LogP) is 1.76. The molecule has 0 saturated carbocycles. The van der Waals surface area contributed by atoms with Gasteiger partial charge in [-0.05, 0) is 39.0 Å². The number of amides is 1. The van der Waals surface area contributed by atoms with Gasteiger partial charge in [-0.15, -0.1) is 0 Å². The van der Waals surface area contributed by atoms with Gasteiger partial charge in [0.15, 0.2) is 5.76 Å². The van der Waals surface area contributed by atoms with Crippen molar-refractivity contribution in [2.24, 2.45) is 0 Å². The maximum Gasteiger partial charge on any atom is 0.289 e. The molecule has 1 N–H and O–H groups in total. The second kappa shape index (κ2) is 6.13. The van der Waals surface area contributed by atoms with E-state index in [9.17, 15) is 9.90 Å². The van der Waals surface area contributed by atoms with Gasteiger partial charge in [-0.25, -0.2) is 0 Å². The number of hydrogen-bond acceptors (Lipinski definition) is 4. The molecule has 0 atom stereocenters. The monoisotopic (exact) mass is 291 g/mol. The molecule has 2 heterocycles. The van der Waals surface area contributed by atoms with Gasteiger partial charge in [0.05, 0.1) is 12.1 Å². The van der Waals surface area contributed by atoms with Gasteiger partial charge >= 0.3 is 0 Å². The SMILES string of the molecule is CCN(CC(C)(C)O)C(=O)c1ccc(Cn2cccn2)o1. The maximum atomic E-state index is 12.4. The predicted molar refractivity (Wildman–Crippen MR) is 77.9 cm³/mol. The zero-order valence-electron chi connectivity index (χ0n) is 12.6. The van der Waals surface area contributed by atoms with Crippen molar-refractivity contribution in [1.29, 1.82) is 0 Å². The largest absolute Gasteiger partial charge is 0.454 e. The normalized spacial score (nSPS) is 11.6. The van der Waals surface area contributed by atoms with Crippen LogP contribution in [0, 0.1) is 0 Å². The number of rotatable bonds is 6. The fourth-order valence-electron chi connectivity index (χ4n) is 2.08. The minimum absolute atomic E-state index is 0.216. The van der Waals surface area contributed by atoms with Gasteiger partial charge in [0, 0.05) is 25.5 Å². The molecular weight excluding hydrogens is 270 g/mol. The van der Waals surface area contributed by atoms with Crippen LogP contribution >= 0.6 is 0 Å². The second-order valence-corrected chi connectivity index (χ2v) is 5.60. The Morgan fingerprint density at radius 3 is 2.81 bits per heavy atom. The third-order valence-electron chi connectivity index (χ3n) is 3.00. The summed E-state index contributed by atoms with van der Waals surface area (Å²) in [6.45, 7) is 6.48. The summed E-state index contributed by atoms with van der Waals surface area (Å²) in [5.41, 5.74) is -0.934. The number of likely N-dealkylation sites (N-methyl/N-ethyl adjacent to an activating group) is 1. The lowest BCUT2D eigenvalue weighted by molar-refractivity contribution is 0.0297. The highest BCUT2D eigenvalue weighted by Gasteiger charge is 2.24. The van der Waals surface area contributed by atoms with E-state index in [1.54, 1.807) is 41.8 Å². The Kier molecular flexibility index (Phi) is 4.47. The van der Waals surface area contributed by atoms with Crippen molar-refractivity contribution in [3.8, 4) is 0 Å². The highest BCUT2D eigenvalue weighted by Crippen LogP contribution is 2.14. The molecule has 0 aromatic carbocycles. The average molecular weight is 291 g/mol. The standard InChI is InChI=1S/C15H21N3O3/c1-4-17(11-15(2,3)20)14(19)13-7-6-12(21-13)10-18-9-5-8-16-18/h5-9,20H,4,10-11H2,1-3H3. The molecule has 2 aromatic heterocycles. The number of nitrogens with zero attached hydrogens (tertiary/aromatic N) is 3. The van der Waals surface area contributed by atoms with Crippen LogP contribution in [0.25, 0.3) is 0 Å². The molecule has 0 spiro atoms. The van der Waals surface area contributed by atoms with E-state index < -0.39 is 5.60 Å². The Bertz CT molecular complexity index is 582. The third kappa shape index (κ3) is 4.19. The third-order valence-corrected chi connectivity index (χ3v) is 3.00. The first-order valence-electron chi connectivity index (χ1n) is 6.97. The highest BCUT2D eigenvalue weighted by molar-refractivity contribution is 5.91. The van der Waals surface area contributed by atoms with E-state index in [1.807, 2.05) is 19.2 Å². The molecule has 0 fully saturated rings. The van der Waals surface area contributed by atoms with Crippen LogP contribution in [-0.4, -0.2) is 44.4 Å². The summed E-state index contributed by atoms with van der Waals surface area (Å²) in [6, 6.07) is 5.26. The maximum absolute atomic E-state index is 12.4. The number of furan rings is 1. The van der Waals surface area contributed by atoms with Gasteiger partial charge in [0.25, 0.3) is 5.91 Å². The summed E-state index contributed by atoms with van der Waals surface area (Å²) < 4.78 is 7.31. The lowest BCUT2D eigenvalue weighted by Gasteiger charge is -2.27. The van der Waals surface area contributed by atoms with Crippen LogP contribution in [0.15, 0.2) is 35.0 Å². The molecule has 0 aliphatic rings. The Morgan fingerprint density at radius 2 is 2.24 bits per heavy atom. The zero-order chi connectivity index (χ0) is 15.5. The molecule has 0 bridgehead atoms. The molecule has 1 amide bonds. The first kappa shape index (κ1) is 15.3. The molecule has 2 rings (SSSR count). The quantitative estimate of drug-likeness (QED) is 0.880. The Morgan fingerprint density at radius 1 is 1.48 bits per heavy atom. The van der Waals surface area contributed by atoms with E-state index in [4.69, 9.17) is 4.42 Å². The van der Waals surface area contributed by atoms with E-state index in [0.29, 0.717) is 18.8 Å². The fraction of sp³-hybridized carbons (Fsp3) is 0.467. The highest BCUT2D eigenvalue weighted by atomic mass is 16.4. The molecule has 0 aliphatic carbocycles. The number of aliphatic hydroxyl groups is 1. The van der Waals surface area contributed by atoms with Crippen molar-refractivity contribution in [2.75, 3.05) is 13.1 Å². The van der Waals surface area contributed by atoms with E-state index in [0.717, 1.165) is 0 Å². The number of hydrogen-bond donors (Lipinski definition) is 1. The molecule has 0 unspecified atom stereocenters. The summed E-state index contributed by atoms with van der Waals surface area (Å²) in [5.74, 6) is 0.732. The smallest absolute Gasteiger partial charge is 0.289 e. The lowest BCUT2D eigenvalue weighted by Crippen LogP contribution is -2.42. The summed E-state index contributed by atoms with van der Waals surface area (Å²) in [5, 5.41) is 13.9. The van der Waals surface area contributed by atoms with Crippen molar-refractivity contribution in [2.45, 2.75) is 32.9 Å². The van der Waals surface area contributed by atoms with Crippen LogP contribution in [0.1, 0.15) is 37.1 Å². The molecule has 0 saturated heterocycles. The van der Waals surface area contributed by atoms with Gasteiger partial charge in [0.1, 0.15) is 5.76 Å². The van der Waals surface area contributed by atoms with Gasteiger partial charge < -0.3 is 14.4 Å². The Labute approximate surface area is 124 Å². The van der Waals surface area contributed by atoms with Crippen LogP contribution in [0.5, 0.6) is 0 Å². The number of carbonyl (C=O) groups excluding carboxylic acids is 1. The van der Waals surface area contributed by atoms with Crippen molar-refractivity contribution in [3.05, 3.63) is 42.1 Å². The van der Waals surface area contributed by atoms with Crippen molar-refractivity contribution in [1.82, 2.24) is 14.7 Å². The molecule has 6 heteroatoms. The summed E-state index contributed by atoms with van der Waals surface area (Å²) in [4.78, 5) is 13.9. The molecule has 6 nitrogen and oxygen atoms in total. The molecule has 2 aromatic rings. The van der Waals surface area contributed by atoms with Crippen molar-refractivity contribution in [3.63, 3.8) is 0 Å². The van der Waals surface area contributed by atoms with E-state index in [1.165, 1.54) is 0 Å². The van der Waals surface area contributed by atoms with Crippen molar-refractivity contribution < 1.29 is 14.3 Å². The van der Waals surface area contributed by atoms with Gasteiger partial charge in [0.2, 0.25) is 0 Å². The van der Waals surface area contributed by atoms with Crippen LogP contribution in [0.2, 0.25) is 0 Å². The lowest BCUT2D eigenvalue weighted by atomic mass is 10.1. The average Bonchev–Trinajstić information content (AvgIpc) is 3.06. The molecule has 114 valence electrons. The minimum Gasteiger partial charge on any atom is -0.454 e. The fourth-order valence-corrected chi connectivity index (χ4v) is 2.08. The van der Waals surface area contributed by atoms with Crippen LogP contribution < -0.4 is 0 Å². The summed E-state index contributed by atoms with van der Waals surface area (Å²) in [6.07, 6.45) is 3.52. The van der Waals surface area contributed by atoms with Gasteiger partial charge in [-0.3, -0.25) is 9.48 Å². The van der Waals surface area contributed by atoms with E-state index >= 15 is 0 Å². The molecule has 0 radical (unpaired) electrons. The van der Waals surface area contributed by atoms with E-state index in [-0.39, 0.29) is 18.2 Å². The number of carbonyl (C=O) groups is 1. The summed E-state index contributed by atoms with van der Waals surface area (Å²) in [7, 11) is 0. The van der Waals surface area contributed by atoms with Crippen LogP contribution in [0.3, 0.4) is 0 Å². The first-order chi connectivity index (χ1) is 9.89. The number of aromatic nitrogens is 2. The molecular formula is C15H21N3O3. The molecule has 0 aliphatic heterocycles. The van der Waals surface area contributed by atoms with Gasteiger partial charge in [-0.1, -0.05) is 0 Å². The minimum atomic E-state index is -0.934. The Balaban J connectivity index is 2.07. The Hall–Kier alpha value is -2.08. The van der Waals surface area contributed by atoms with Crippen molar-refractivity contribution >= 4 is 5.91 Å². The van der Waals surface area contributed by atoms with Crippen LogP contribution in [0.4, 0.5) is 0 Å².